The largest absolute Gasteiger partial charge is 0.416 e. The molecule has 0 saturated carbocycles. The van der Waals surface area contributed by atoms with Gasteiger partial charge in [-0.15, -0.1) is 0 Å². The molecule has 0 atom stereocenters. The third-order valence-electron chi connectivity index (χ3n) is 6.35. The lowest BCUT2D eigenvalue weighted by atomic mass is 9.87. The van der Waals surface area contributed by atoms with Crippen LogP contribution >= 0.6 is 0 Å². The Hall–Kier alpha value is -3.87. The zero-order valence-corrected chi connectivity index (χ0v) is 19.1. The lowest BCUT2D eigenvalue weighted by Gasteiger charge is -2.16. The van der Waals surface area contributed by atoms with E-state index in [4.69, 9.17) is 0 Å². The Kier molecular flexibility index (Phi) is 5.36. The number of hydrogen-bond acceptors (Lipinski definition) is 1. The van der Waals surface area contributed by atoms with Crippen molar-refractivity contribution >= 4 is 5.78 Å². The van der Waals surface area contributed by atoms with Crippen molar-refractivity contribution < 1.29 is 31.1 Å². The Morgan fingerprint density at radius 2 is 0.806 bits per heavy atom. The van der Waals surface area contributed by atoms with E-state index in [0.717, 1.165) is 35.4 Å². The second kappa shape index (κ2) is 8.08. The summed E-state index contributed by atoms with van der Waals surface area (Å²) in [7, 11) is 0. The molecule has 0 heterocycles. The fourth-order valence-electron chi connectivity index (χ4n) is 4.75. The molecule has 0 bridgehead atoms. The van der Waals surface area contributed by atoms with E-state index in [1.165, 1.54) is 24.3 Å². The van der Waals surface area contributed by atoms with Crippen molar-refractivity contribution in [3.05, 3.63) is 106 Å². The SMILES string of the molecule is Cc1cc2c(c(-c3ccc(C(F)(F)F)cc3)c1)-c1c(cc(C)cc1-c1ccc(C(F)(F)F)cc1)C2=O. The van der Waals surface area contributed by atoms with Crippen LogP contribution in [0.5, 0.6) is 0 Å². The van der Waals surface area contributed by atoms with E-state index in [0.29, 0.717) is 44.5 Å². The minimum Gasteiger partial charge on any atom is -0.289 e. The number of ketones is 1. The van der Waals surface area contributed by atoms with Gasteiger partial charge in [-0.2, -0.15) is 26.3 Å². The quantitative estimate of drug-likeness (QED) is 0.223. The zero-order valence-electron chi connectivity index (χ0n) is 19.1. The van der Waals surface area contributed by atoms with Crippen LogP contribution in [-0.4, -0.2) is 5.78 Å². The first-order chi connectivity index (χ1) is 16.8. The number of aryl methyl sites for hydroxylation is 2. The van der Waals surface area contributed by atoms with Crippen molar-refractivity contribution in [2.75, 3.05) is 0 Å². The highest BCUT2D eigenvalue weighted by Gasteiger charge is 2.34. The molecule has 0 spiro atoms. The van der Waals surface area contributed by atoms with E-state index in [9.17, 15) is 31.1 Å². The van der Waals surface area contributed by atoms with Crippen LogP contribution in [0.4, 0.5) is 26.3 Å². The van der Waals surface area contributed by atoms with Gasteiger partial charge in [-0.25, -0.2) is 0 Å². The minimum atomic E-state index is -4.48. The van der Waals surface area contributed by atoms with Gasteiger partial charge in [0.15, 0.2) is 5.78 Å². The standard InChI is InChI=1S/C29H18F6O/c1-15-11-21(17-3-7-19(8-4-17)28(30,31)32)25-23(13-15)27(36)24-14-16(2)12-22(26(24)25)18-5-9-20(10-6-18)29(33,34)35/h3-14H,1-2H3. The molecule has 1 aliphatic carbocycles. The average molecular weight is 496 g/mol. The topological polar surface area (TPSA) is 17.1 Å². The van der Waals surface area contributed by atoms with Gasteiger partial charge in [-0.3, -0.25) is 4.79 Å². The highest BCUT2D eigenvalue weighted by atomic mass is 19.4. The molecule has 1 nitrogen and oxygen atoms in total. The first-order valence-electron chi connectivity index (χ1n) is 11.0. The average Bonchev–Trinajstić information content (AvgIpc) is 3.09. The Morgan fingerprint density at radius 3 is 1.11 bits per heavy atom. The van der Waals surface area contributed by atoms with Gasteiger partial charge in [0.1, 0.15) is 0 Å². The maximum atomic E-state index is 13.4. The number of halogens is 6. The Bertz CT molecular complexity index is 1390. The van der Waals surface area contributed by atoms with E-state index in [1.54, 1.807) is 38.1 Å². The molecule has 0 N–H and O–H groups in total. The number of alkyl halides is 6. The lowest BCUT2D eigenvalue weighted by molar-refractivity contribution is -0.138. The maximum Gasteiger partial charge on any atom is 0.416 e. The molecule has 182 valence electrons. The van der Waals surface area contributed by atoms with Gasteiger partial charge in [-0.05, 0) is 83.6 Å². The summed E-state index contributed by atoms with van der Waals surface area (Å²) in [6.45, 7) is 3.60. The van der Waals surface area contributed by atoms with Crippen molar-refractivity contribution in [2.24, 2.45) is 0 Å². The van der Waals surface area contributed by atoms with Gasteiger partial charge >= 0.3 is 12.4 Å². The second-order valence-electron chi connectivity index (χ2n) is 8.95. The summed E-state index contributed by atoms with van der Waals surface area (Å²) in [5.74, 6) is -0.228. The smallest absolute Gasteiger partial charge is 0.289 e. The predicted octanol–water partition coefficient (Wildman–Crippen LogP) is 8.89. The number of fused-ring (bicyclic) bond motifs is 3. The van der Waals surface area contributed by atoms with Crippen LogP contribution in [0, 0.1) is 13.8 Å². The molecular formula is C29H18F6O. The first-order valence-corrected chi connectivity index (χ1v) is 11.0. The van der Waals surface area contributed by atoms with Crippen molar-refractivity contribution in [2.45, 2.75) is 26.2 Å². The third kappa shape index (κ3) is 3.98. The molecule has 0 unspecified atom stereocenters. The molecule has 7 heteroatoms. The molecule has 0 radical (unpaired) electrons. The lowest BCUT2D eigenvalue weighted by Crippen LogP contribution is -2.04. The first kappa shape index (κ1) is 23.9. The van der Waals surface area contributed by atoms with Crippen LogP contribution in [0.2, 0.25) is 0 Å². The number of carbonyl (C=O) groups excluding carboxylic acids is 1. The van der Waals surface area contributed by atoms with Gasteiger partial charge < -0.3 is 0 Å². The molecule has 0 aromatic heterocycles. The summed E-state index contributed by atoms with van der Waals surface area (Å²) in [6.07, 6.45) is -8.97. The van der Waals surface area contributed by atoms with Crippen molar-refractivity contribution in [1.82, 2.24) is 0 Å². The van der Waals surface area contributed by atoms with Gasteiger partial charge in [-0.1, -0.05) is 36.4 Å². The van der Waals surface area contributed by atoms with Gasteiger partial charge in [0.25, 0.3) is 0 Å². The summed E-state index contributed by atoms with van der Waals surface area (Å²) in [4.78, 5) is 13.4. The van der Waals surface area contributed by atoms with Crippen LogP contribution < -0.4 is 0 Å². The normalized spacial score (nSPS) is 13.1. The van der Waals surface area contributed by atoms with E-state index in [-0.39, 0.29) is 5.78 Å². The molecule has 0 fully saturated rings. The highest BCUT2D eigenvalue weighted by Crippen LogP contribution is 2.49. The summed E-state index contributed by atoms with van der Waals surface area (Å²) in [6, 6.07) is 16.5. The molecule has 1 aliphatic rings. The maximum absolute atomic E-state index is 13.4. The molecule has 5 rings (SSSR count). The summed E-state index contributed by atoms with van der Waals surface area (Å²) in [5, 5.41) is 0. The summed E-state index contributed by atoms with van der Waals surface area (Å²) < 4.78 is 78.7. The van der Waals surface area contributed by atoms with Crippen LogP contribution in [0.15, 0.2) is 72.8 Å². The van der Waals surface area contributed by atoms with Crippen LogP contribution in [-0.2, 0) is 12.4 Å². The highest BCUT2D eigenvalue weighted by molar-refractivity contribution is 6.26. The van der Waals surface area contributed by atoms with Gasteiger partial charge in [0, 0.05) is 22.3 Å². The fourth-order valence-corrected chi connectivity index (χ4v) is 4.75. The molecular weight excluding hydrogens is 478 g/mol. The Morgan fingerprint density at radius 1 is 0.500 bits per heavy atom. The Balaban J connectivity index is 1.75. The Labute approximate surface area is 203 Å². The molecule has 0 aliphatic heterocycles. The number of rotatable bonds is 2. The monoisotopic (exact) mass is 496 g/mol. The molecule has 4 aromatic carbocycles. The van der Waals surface area contributed by atoms with Crippen molar-refractivity contribution in [3.63, 3.8) is 0 Å². The number of carbonyl (C=O) groups is 1. The number of hydrogen-bond donors (Lipinski definition) is 0. The summed E-state index contributed by atoms with van der Waals surface area (Å²) >= 11 is 0. The van der Waals surface area contributed by atoms with Gasteiger partial charge in [0.2, 0.25) is 0 Å². The van der Waals surface area contributed by atoms with Crippen molar-refractivity contribution in [3.8, 4) is 33.4 Å². The van der Waals surface area contributed by atoms with Crippen LogP contribution in [0.1, 0.15) is 38.2 Å². The predicted molar refractivity (Wildman–Crippen MR) is 126 cm³/mol. The minimum absolute atomic E-state index is 0.228. The van der Waals surface area contributed by atoms with E-state index < -0.39 is 23.5 Å². The molecule has 0 amide bonds. The van der Waals surface area contributed by atoms with E-state index in [2.05, 4.69) is 0 Å². The van der Waals surface area contributed by atoms with E-state index >= 15 is 0 Å². The van der Waals surface area contributed by atoms with Crippen LogP contribution in [0.25, 0.3) is 33.4 Å². The van der Waals surface area contributed by atoms with Gasteiger partial charge in [0.05, 0.1) is 11.1 Å². The number of benzene rings is 4. The van der Waals surface area contributed by atoms with Crippen molar-refractivity contribution in [1.29, 1.82) is 0 Å². The molecule has 0 saturated heterocycles. The molecule has 36 heavy (non-hydrogen) atoms. The molecule has 4 aromatic rings. The van der Waals surface area contributed by atoms with E-state index in [1.807, 2.05) is 0 Å². The third-order valence-corrected chi connectivity index (χ3v) is 6.35. The second-order valence-corrected chi connectivity index (χ2v) is 8.95. The fraction of sp³-hybridized carbons (Fsp3) is 0.138. The van der Waals surface area contributed by atoms with Crippen LogP contribution in [0.3, 0.4) is 0 Å². The summed E-state index contributed by atoms with van der Waals surface area (Å²) in [5.41, 5.74) is 4.09. The zero-order chi connectivity index (χ0) is 26.0.